The Kier molecular flexibility index (Phi) is 3.29. The number of piperidine rings is 1. The van der Waals surface area contributed by atoms with Crippen LogP contribution < -0.4 is 10.2 Å². The van der Waals surface area contributed by atoms with Crippen LogP contribution in [0.2, 0.25) is 0 Å². The molecule has 2 aliphatic rings. The van der Waals surface area contributed by atoms with Crippen molar-refractivity contribution in [2.75, 3.05) is 24.5 Å². The first kappa shape index (κ1) is 11.4. The fraction of sp³-hybridized carbons (Fsp3) is 0.833. The molecule has 17 heavy (non-hydrogen) atoms. The predicted molar refractivity (Wildman–Crippen MR) is 70.8 cm³/mol. The van der Waals surface area contributed by atoms with Crippen molar-refractivity contribution in [2.45, 2.75) is 44.6 Å². The van der Waals surface area contributed by atoms with Gasteiger partial charge in [-0.2, -0.15) is 4.37 Å². The maximum Gasteiger partial charge on any atom is 0.205 e. The van der Waals surface area contributed by atoms with Crippen molar-refractivity contribution in [2.24, 2.45) is 0 Å². The van der Waals surface area contributed by atoms with Gasteiger partial charge in [-0.3, -0.25) is 0 Å². The molecule has 0 radical (unpaired) electrons. The Morgan fingerprint density at radius 1 is 1.41 bits per heavy atom. The summed E-state index contributed by atoms with van der Waals surface area (Å²) >= 11 is 1.58. The average Bonchev–Trinajstić information content (AvgIpc) is 3.12. The maximum absolute atomic E-state index is 4.72. The second kappa shape index (κ2) is 4.90. The van der Waals surface area contributed by atoms with Gasteiger partial charge < -0.3 is 10.2 Å². The molecule has 1 saturated heterocycles. The largest absolute Gasteiger partial charge is 0.343 e. The van der Waals surface area contributed by atoms with Gasteiger partial charge in [0.15, 0.2) is 0 Å². The summed E-state index contributed by atoms with van der Waals surface area (Å²) in [6.07, 6.45) is 5.12. The van der Waals surface area contributed by atoms with E-state index in [1.807, 2.05) is 0 Å². The van der Waals surface area contributed by atoms with Gasteiger partial charge in [0, 0.05) is 36.6 Å². The van der Waals surface area contributed by atoms with Gasteiger partial charge in [0.2, 0.25) is 5.13 Å². The van der Waals surface area contributed by atoms with Crippen LogP contribution in [0.5, 0.6) is 0 Å². The van der Waals surface area contributed by atoms with Crippen LogP contribution in [0.4, 0.5) is 5.13 Å². The smallest absolute Gasteiger partial charge is 0.205 e. The number of aromatic nitrogens is 2. The van der Waals surface area contributed by atoms with E-state index in [9.17, 15) is 0 Å². The minimum Gasteiger partial charge on any atom is -0.343 e. The summed E-state index contributed by atoms with van der Waals surface area (Å²) in [5, 5.41) is 4.60. The minimum atomic E-state index is 0.605. The molecule has 1 N–H and O–H groups in total. The van der Waals surface area contributed by atoms with E-state index >= 15 is 0 Å². The first-order valence-corrected chi connectivity index (χ1v) is 7.46. The van der Waals surface area contributed by atoms with E-state index in [4.69, 9.17) is 4.98 Å². The van der Waals surface area contributed by atoms with Crippen LogP contribution in [0.25, 0.3) is 0 Å². The van der Waals surface area contributed by atoms with E-state index in [-0.39, 0.29) is 0 Å². The Hall–Kier alpha value is -0.680. The Bertz CT molecular complexity index is 368. The Balaban J connectivity index is 1.73. The number of hydrogen-bond donors (Lipinski definition) is 1. The molecule has 1 unspecified atom stereocenters. The molecule has 4 nitrogen and oxygen atoms in total. The van der Waals surface area contributed by atoms with Crippen molar-refractivity contribution >= 4 is 16.7 Å². The van der Waals surface area contributed by atoms with Gasteiger partial charge in [0.25, 0.3) is 0 Å². The molecule has 0 amide bonds. The van der Waals surface area contributed by atoms with Crippen molar-refractivity contribution in [1.29, 1.82) is 0 Å². The van der Waals surface area contributed by atoms with E-state index < -0.39 is 0 Å². The molecule has 1 aliphatic carbocycles. The molecule has 2 fully saturated rings. The highest BCUT2D eigenvalue weighted by atomic mass is 32.1. The van der Waals surface area contributed by atoms with Crippen molar-refractivity contribution in [3.05, 3.63) is 5.82 Å². The summed E-state index contributed by atoms with van der Waals surface area (Å²) in [5.74, 6) is 1.76. The number of hydrogen-bond acceptors (Lipinski definition) is 5. The van der Waals surface area contributed by atoms with Gasteiger partial charge in [-0.05, 0) is 39.2 Å². The lowest BCUT2D eigenvalue weighted by Crippen LogP contribution is -2.46. The summed E-state index contributed by atoms with van der Waals surface area (Å²) in [5.41, 5.74) is 0. The Labute approximate surface area is 107 Å². The molecule has 1 aromatic heterocycles. The number of nitrogens with one attached hydrogen (secondary N) is 1. The molecule has 1 aromatic rings. The van der Waals surface area contributed by atoms with Crippen LogP contribution in [0.1, 0.15) is 44.3 Å². The number of nitrogens with zero attached hydrogens (tertiary/aromatic N) is 3. The zero-order valence-electron chi connectivity index (χ0n) is 10.4. The Morgan fingerprint density at radius 2 is 2.29 bits per heavy atom. The van der Waals surface area contributed by atoms with Gasteiger partial charge in [0.1, 0.15) is 5.82 Å². The molecule has 94 valence electrons. The van der Waals surface area contributed by atoms with Crippen LogP contribution in [0.3, 0.4) is 0 Å². The summed E-state index contributed by atoms with van der Waals surface area (Å²) in [4.78, 5) is 7.15. The molecule has 5 heteroatoms. The quantitative estimate of drug-likeness (QED) is 0.890. The van der Waals surface area contributed by atoms with Gasteiger partial charge in [-0.15, -0.1) is 0 Å². The summed E-state index contributed by atoms with van der Waals surface area (Å²) in [6.45, 7) is 5.50. The summed E-state index contributed by atoms with van der Waals surface area (Å²) < 4.78 is 4.51. The predicted octanol–water partition coefficient (Wildman–Crippen LogP) is 1.99. The van der Waals surface area contributed by atoms with Gasteiger partial charge in [-0.1, -0.05) is 0 Å². The fourth-order valence-corrected chi connectivity index (χ4v) is 3.38. The molecule has 1 saturated carbocycles. The molecular weight excluding hydrogens is 232 g/mol. The lowest BCUT2D eigenvalue weighted by molar-refractivity contribution is 0.435. The highest BCUT2D eigenvalue weighted by molar-refractivity contribution is 7.09. The number of rotatable bonds is 4. The van der Waals surface area contributed by atoms with E-state index in [1.165, 1.54) is 25.7 Å². The van der Waals surface area contributed by atoms with Crippen molar-refractivity contribution < 1.29 is 0 Å². The summed E-state index contributed by atoms with van der Waals surface area (Å²) in [6, 6.07) is 0.605. The van der Waals surface area contributed by atoms with Crippen molar-refractivity contribution in [3.63, 3.8) is 0 Å². The highest BCUT2D eigenvalue weighted by Crippen LogP contribution is 2.40. The van der Waals surface area contributed by atoms with Crippen LogP contribution in [-0.2, 0) is 0 Å². The number of likely N-dealkylation sites (N-methyl/N-ethyl adjacent to an activating group) is 1. The van der Waals surface area contributed by atoms with E-state index in [1.54, 1.807) is 11.5 Å². The summed E-state index contributed by atoms with van der Waals surface area (Å²) in [7, 11) is 0. The third kappa shape index (κ3) is 2.45. The zero-order valence-corrected chi connectivity index (χ0v) is 11.2. The van der Waals surface area contributed by atoms with Crippen LogP contribution in [0.15, 0.2) is 0 Å². The van der Waals surface area contributed by atoms with Crippen molar-refractivity contribution in [1.82, 2.24) is 14.7 Å². The molecule has 0 spiro atoms. The van der Waals surface area contributed by atoms with Crippen LogP contribution in [0, 0.1) is 0 Å². The van der Waals surface area contributed by atoms with E-state index in [0.29, 0.717) is 12.0 Å². The molecule has 1 aliphatic heterocycles. The first-order valence-electron chi connectivity index (χ1n) is 6.69. The first-order chi connectivity index (χ1) is 8.38. The Morgan fingerprint density at radius 3 is 2.94 bits per heavy atom. The molecule has 1 atom stereocenters. The second-order valence-corrected chi connectivity index (χ2v) is 5.73. The maximum atomic E-state index is 4.72. The molecular formula is C12H20N4S. The lowest BCUT2D eigenvalue weighted by Gasteiger charge is -2.33. The SMILES string of the molecule is CCN(c1nc(C2CC2)ns1)C1CCCNC1. The third-order valence-electron chi connectivity index (χ3n) is 3.67. The van der Waals surface area contributed by atoms with E-state index in [0.717, 1.165) is 30.6 Å². The normalized spacial score (nSPS) is 24.9. The molecule has 0 aromatic carbocycles. The highest BCUT2D eigenvalue weighted by Gasteiger charge is 2.29. The van der Waals surface area contributed by atoms with E-state index in [2.05, 4.69) is 21.5 Å². The minimum absolute atomic E-state index is 0.605. The fourth-order valence-electron chi connectivity index (χ4n) is 2.50. The number of anilines is 1. The molecule has 3 rings (SSSR count). The monoisotopic (exact) mass is 252 g/mol. The van der Waals surface area contributed by atoms with Gasteiger partial charge in [-0.25, -0.2) is 4.98 Å². The van der Waals surface area contributed by atoms with Crippen LogP contribution in [-0.4, -0.2) is 35.0 Å². The van der Waals surface area contributed by atoms with Crippen molar-refractivity contribution in [3.8, 4) is 0 Å². The molecule has 2 heterocycles. The van der Waals surface area contributed by atoms with Gasteiger partial charge >= 0.3 is 0 Å². The van der Waals surface area contributed by atoms with Crippen LogP contribution >= 0.6 is 11.5 Å². The second-order valence-electron chi connectivity index (χ2n) is 5.00. The molecule has 0 bridgehead atoms. The van der Waals surface area contributed by atoms with Gasteiger partial charge in [0.05, 0.1) is 0 Å². The zero-order chi connectivity index (χ0) is 11.7. The lowest BCUT2D eigenvalue weighted by atomic mass is 10.1. The third-order valence-corrected chi connectivity index (χ3v) is 4.44. The standard InChI is InChI=1S/C12H20N4S/c1-2-16(10-4-3-7-13-8-10)12-14-11(15-17-12)9-5-6-9/h9-10,13H,2-8H2,1H3. The topological polar surface area (TPSA) is 41.1 Å². The average molecular weight is 252 g/mol.